The lowest BCUT2D eigenvalue weighted by Crippen LogP contribution is -2.42. The molecule has 2 aliphatic carbocycles. The fraction of sp³-hybridized carbons (Fsp3) is 1.00. The summed E-state index contributed by atoms with van der Waals surface area (Å²) >= 11 is 0. The molecule has 0 aromatic carbocycles. The summed E-state index contributed by atoms with van der Waals surface area (Å²) in [5, 5.41) is 0. The Morgan fingerprint density at radius 3 is 1.40 bits per heavy atom. The van der Waals surface area contributed by atoms with E-state index in [-0.39, 0.29) is 0 Å². The van der Waals surface area contributed by atoms with Crippen LogP contribution in [0.5, 0.6) is 0 Å². The first-order chi connectivity index (χ1) is 7.21. The maximum absolute atomic E-state index is 13.0. The molecule has 2 fully saturated rings. The minimum absolute atomic E-state index is 0.620. The molecule has 2 rings (SSSR count). The van der Waals surface area contributed by atoms with Crippen LogP contribution in [0.25, 0.3) is 0 Å². The normalized spacial score (nSPS) is 26.8. The van der Waals surface area contributed by atoms with E-state index in [2.05, 4.69) is 6.55 Å². The van der Waals surface area contributed by atoms with Gasteiger partial charge < -0.3 is 0 Å². The van der Waals surface area contributed by atoms with Crippen molar-refractivity contribution in [3.05, 3.63) is 0 Å². The molecular formula is C13H25OSi. The Kier molecular flexibility index (Phi) is 3.89. The molecule has 87 valence electrons. The zero-order valence-electron chi connectivity index (χ0n) is 10.1. The fourth-order valence-corrected chi connectivity index (χ4v) is 7.46. The summed E-state index contributed by atoms with van der Waals surface area (Å²) in [4.78, 5) is 13.0. The van der Waals surface area contributed by atoms with Gasteiger partial charge in [-0.2, -0.15) is 0 Å². The summed E-state index contributed by atoms with van der Waals surface area (Å²) in [5.41, 5.74) is 1.24. The van der Waals surface area contributed by atoms with Crippen LogP contribution in [0.4, 0.5) is 0 Å². The zero-order chi connectivity index (χ0) is 10.7. The van der Waals surface area contributed by atoms with Crippen LogP contribution in [-0.4, -0.2) is 8.32 Å². The first-order valence-corrected chi connectivity index (χ1v) is 9.48. The summed E-state index contributed by atoms with van der Waals surface area (Å²) in [6.45, 7) is 2.15. The summed E-state index contributed by atoms with van der Waals surface area (Å²) in [6.07, 6.45) is 13.2. The third-order valence-corrected chi connectivity index (χ3v) is 9.23. The second-order valence-corrected chi connectivity index (χ2v) is 9.85. The van der Waals surface area contributed by atoms with Crippen molar-refractivity contribution in [1.29, 1.82) is 0 Å². The lowest BCUT2D eigenvalue weighted by molar-refractivity contribution is 0.331. The topological polar surface area (TPSA) is 19.9 Å². The van der Waals surface area contributed by atoms with E-state index in [1.54, 1.807) is 0 Å². The predicted molar refractivity (Wildman–Crippen MR) is 66.0 cm³/mol. The predicted octanol–water partition coefficient (Wildman–Crippen LogP) is 4.66. The average Bonchev–Trinajstić information content (AvgIpc) is 2.31. The number of rotatable bonds is 2. The van der Waals surface area contributed by atoms with E-state index in [0.29, 0.717) is 11.1 Å². The highest BCUT2D eigenvalue weighted by Gasteiger charge is 2.44. The van der Waals surface area contributed by atoms with Gasteiger partial charge in [-0.25, -0.2) is 0 Å². The molecule has 0 aromatic heterocycles. The lowest BCUT2D eigenvalue weighted by atomic mass is 9.99. The van der Waals surface area contributed by atoms with Crippen LogP contribution < -0.4 is 0 Å². The Hall–Kier alpha value is 0.177. The van der Waals surface area contributed by atoms with Crippen molar-refractivity contribution in [3.63, 3.8) is 0 Å². The van der Waals surface area contributed by atoms with Gasteiger partial charge in [-0.05, 0) is 17.6 Å². The maximum atomic E-state index is 13.0. The molecular weight excluding hydrogens is 200 g/mol. The second-order valence-electron chi connectivity index (χ2n) is 5.85. The summed E-state index contributed by atoms with van der Waals surface area (Å²) in [6, 6.07) is 0. The molecule has 0 amide bonds. The van der Waals surface area contributed by atoms with E-state index in [1.165, 1.54) is 64.2 Å². The smallest absolute Gasteiger partial charge is 0.240 e. The minimum Gasteiger partial charge on any atom is -0.297 e. The fourth-order valence-electron chi connectivity index (χ4n) is 3.68. The molecule has 0 bridgehead atoms. The van der Waals surface area contributed by atoms with Crippen LogP contribution in [0.3, 0.4) is 0 Å². The maximum Gasteiger partial charge on any atom is 0.240 e. The summed E-state index contributed by atoms with van der Waals surface area (Å²) in [5.74, 6) is 0. The van der Waals surface area contributed by atoms with E-state index in [9.17, 15) is 4.80 Å². The van der Waals surface area contributed by atoms with Crippen LogP contribution in [0.15, 0.2) is 0 Å². The van der Waals surface area contributed by atoms with Gasteiger partial charge in [0.2, 0.25) is 8.32 Å². The van der Waals surface area contributed by atoms with Crippen molar-refractivity contribution in [3.8, 4) is 0 Å². The Bertz CT molecular complexity index is 171. The number of hydrogen-bond acceptors (Lipinski definition) is 0. The van der Waals surface area contributed by atoms with E-state index in [1.807, 2.05) is 0 Å². The Labute approximate surface area is 95.4 Å². The largest absolute Gasteiger partial charge is 0.297 e. The van der Waals surface area contributed by atoms with Gasteiger partial charge in [-0.3, -0.25) is 4.80 Å². The van der Waals surface area contributed by atoms with Gasteiger partial charge >= 0.3 is 0 Å². The number of hydrogen-bond donors (Lipinski definition) is 0. The molecule has 2 aliphatic rings. The third-order valence-electron chi connectivity index (χ3n) is 4.83. The van der Waals surface area contributed by atoms with Crippen LogP contribution in [0, 0.1) is 0 Å². The van der Waals surface area contributed by atoms with Gasteiger partial charge in [0.1, 0.15) is 0 Å². The summed E-state index contributed by atoms with van der Waals surface area (Å²) < 4.78 is 0. The van der Waals surface area contributed by atoms with Gasteiger partial charge in [0, 0.05) is 0 Å². The molecule has 0 N–H and O–H groups in total. The molecule has 2 saturated carbocycles. The molecule has 0 heterocycles. The SMILES string of the molecule is C[Si]([O])(C1CCCCC1)C1CCCCC1. The molecule has 1 nitrogen and oxygen atoms in total. The summed E-state index contributed by atoms with van der Waals surface area (Å²) in [7, 11) is -2.15. The standard InChI is InChI=1S/C13H25OSi/c1-15(14,12-8-4-2-5-9-12)13-10-6-3-7-11-13/h12-13H,2-11H2,1H3. The van der Waals surface area contributed by atoms with Gasteiger partial charge in [0.05, 0.1) is 0 Å². The lowest BCUT2D eigenvalue weighted by Gasteiger charge is -2.39. The van der Waals surface area contributed by atoms with Crippen molar-refractivity contribution >= 4 is 8.32 Å². The highest BCUT2D eigenvalue weighted by molar-refractivity contribution is 6.73. The molecule has 0 aromatic rings. The van der Waals surface area contributed by atoms with Crippen LogP contribution in [0.2, 0.25) is 17.6 Å². The Morgan fingerprint density at radius 1 is 0.733 bits per heavy atom. The Morgan fingerprint density at radius 2 is 1.07 bits per heavy atom. The highest BCUT2D eigenvalue weighted by Crippen LogP contribution is 2.46. The van der Waals surface area contributed by atoms with Crippen LogP contribution in [0.1, 0.15) is 64.2 Å². The monoisotopic (exact) mass is 225 g/mol. The molecule has 15 heavy (non-hydrogen) atoms. The second kappa shape index (κ2) is 5.01. The Balaban J connectivity index is 1.96. The highest BCUT2D eigenvalue weighted by atomic mass is 28.4. The molecule has 2 heteroatoms. The zero-order valence-corrected chi connectivity index (χ0v) is 11.1. The van der Waals surface area contributed by atoms with Crippen molar-refractivity contribution in [2.75, 3.05) is 0 Å². The molecule has 1 radical (unpaired) electrons. The molecule has 0 saturated heterocycles. The first-order valence-electron chi connectivity index (χ1n) is 6.91. The van der Waals surface area contributed by atoms with Gasteiger partial charge in [0.15, 0.2) is 0 Å². The van der Waals surface area contributed by atoms with Gasteiger partial charge in [0.25, 0.3) is 0 Å². The van der Waals surface area contributed by atoms with Crippen LogP contribution >= 0.6 is 0 Å². The molecule has 0 spiro atoms. The van der Waals surface area contributed by atoms with E-state index in [0.717, 1.165) is 0 Å². The first kappa shape index (κ1) is 11.7. The van der Waals surface area contributed by atoms with E-state index in [4.69, 9.17) is 0 Å². The van der Waals surface area contributed by atoms with E-state index >= 15 is 0 Å². The van der Waals surface area contributed by atoms with Crippen molar-refractivity contribution in [1.82, 2.24) is 0 Å². The third kappa shape index (κ3) is 2.65. The van der Waals surface area contributed by atoms with Gasteiger partial charge in [-0.1, -0.05) is 64.2 Å². The molecule has 0 unspecified atom stereocenters. The van der Waals surface area contributed by atoms with Crippen molar-refractivity contribution < 1.29 is 4.80 Å². The van der Waals surface area contributed by atoms with Crippen molar-refractivity contribution in [2.24, 2.45) is 0 Å². The van der Waals surface area contributed by atoms with E-state index < -0.39 is 8.32 Å². The molecule has 0 atom stereocenters. The van der Waals surface area contributed by atoms with Crippen LogP contribution in [-0.2, 0) is 4.80 Å². The van der Waals surface area contributed by atoms with Gasteiger partial charge in [-0.15, -0.1) is 0 Å². The molecule has 0 aliphatic heterocycles. The minimum atomic E-state index is -2.15. The average molecular weight is 225 g/mol. The quantitative estimate of drug-likeness (QED) is 0.609. The van der Waals surface area contributed by atoms with Crippen molar-refractivity contribution in [2.45, 2.75) is 81.8 Å².